The summed E-state index contributed by atoms with van der Waals surface area (Å²) in [4.78, 5) is 10.9. The highest BCUT2D eigenvalue weighted by Crippen LogP contribution is 2.25. The average Bonchev–Trinajstić information content (AvgIpc) is 2.28. The molecule has 20 heavy (non-hydrogen) atoms. The van der Waals surface area contributed by atoms with Crippen LogP contribution in [0.2, 0.25) is 0 Å². The summed E-state index contributed by atoms with van der Waals surface area (Å²) in [6, 6.07) is 3.00. The van der Waals surface area contributed by atoms with Gasteiger partial charge in [0.05, 0.1) is 5.69 Å². The number of nitrogens with zero attached hydrogens (tertiary/aromatic N) is 2. The minimum absolute atomic E-state index is 0.145. The van der Waals surface area contributed by atoms with E-state index < -0.39 is 29.9 Å². The molecule has 1 aromatic carbocycles. The van der Waals surface area contributed by atoms with Crippen molar-refractivity contribution in [2.24, 2.45) is 21.7 Å². The van der Waals surface area contributed by atoms with Gasteiger partial charge in [-0.15, -0.1) is 13.2 Å². The van der Waals surface area contributed by atoms with Gasteiger partial charge in [-0.1, -0.05) is 0 Å². The van der Waals surface area contributed by atoms with E-state index in [9.17, 15) is 18.0 Å². The van der Waals surface area contributed by atoms with Crippen LogP contribution in [0.25, 0.3) is 0 Å². The number of hydrogen-bond acceptors (Lipinski definition) is 5. The molecule has 1 rings (SSSR count). The number of amides is 1. The number of ether oxygens (including phenoxy) is 1. The first kappa shape index (κ1) is 15.4. The van der Waals surface area contributed by atoms with Crippen molar-refractivity contribution in [1.29, 1.82) is 5.41 Å². The number of primary amides is 1. The molecule has 108 valence electrons. The monoisotopic (exact) mass is 289 g/mol. The smallest absolute Gasteiger partial charge is 0.406 e. The molecule has 0 saturated carbocycles. The van der Waals surface area contributed by atoms with Gasteiger partial charge in [0.25, 0.3) is 5.91 Å². The van der Waals surface area contributed by atoms with Gasteiger partial charge >= 0.3 is 6.36 Å². The number of nitrogens with two attached hydrogens (primary N) is 2. The maximum Gasteiger partial charge on any atom is 0.573 e. The number of azo groups is 1. The van der Waals surface area contributed by atoms with Gasteiger partial charge in [0.15, 0.2) is 0 Å². The number of halogens is 3. The Balaban J connectivity index is 2.79. The summed E-state index contributed by atoms with van der Waals surface area (Å²) in [5, 5.41) is 14.0. The van der Waals surface area contributed by atoms with Crippen LogP contribution in [0.4, 0.5) is 18.9 Å². The number of nitrogens with one attached hydrogen (secondary N) is 1. The van der Waals surface area contributed by atoms with Crippen LogP contribution in [0.5, 0.6) is 5.75 Å². The highest BCUT2D eigenvalue weighted by atomic mass is 19.4. The van der Waals surface area contributed by atoms with Crippen LogP contribution in [0.15, 0.2) is 34.5 Å². The maximum absolute atomic E-state index is 11.9. The molecule has 0 heterocycles. The summed E-state index contributed by atoms with van der Waals surface area (Å²) in [5.41, 5.74) is 10.2. The van der Waals surface area contributed by atoms with E-state index in [1.165, 1.54) is 12.1 Å². The van der Waals surface area contributed by atoms with Crippen LogP contribution >= 0.6 is 0 Å². The van der Waals surface area contributed by atoms with Crippen molar-refractivity contribution in [2.75, 3.05) is 0 Å². The van der Waals surface area contributed by atoms with Crippen LogP contribution in [0.3, 0.4) is 0 Å². The van der Waals surface area contributed by atoms with Crippen LogP contribution in [-0.2, 0) is 4.79 Å². The zero-order chi connectivity index (χ0) is 15.3. The number of alkyl halides is 3. The first-order chi connectivity index (χ1) is 9.19. The summed E-state index contributed by atoms with van der Waals surface area (Å²) in [6.45, 7) is 0. The second kappa shape index (κ2) is 5.99. The number of rotatable bonds is 5. The van der Waals surface area contributed by atoms with Crippen molar-refractivity contribution in [2.45, 2.75) is 12.4 Å². The second-order valence-electron chi connectivity index (χ2n) is 3.52. The molecule has 0 aliphatic rings. The third-order valence-corrected chi connectivity index (χ3v) is 1.92. The van der Waals surface area contributed by atoms with Gasteiger partial charge in [-0.3, -0.25) is 10.2 Å². The van der Waals surface area contributed by atoms with Crippen LogP contribution < -0.4 is 16.2 Å². The predicted octanol–water partition coefficient (Wildman–Crippen LogP) is 1.46. The van der Waals surface area contributed by atoms with E-state index in [1.807, 2.05) is 0 Å². The number of hydrogen-bond donors (Lipinski definition) is 3. The Hall–Kier alpha value is -2.65. The third kappa shape index (κ3) is 4.92. The molecule has 1 aromatic rings. The molecule has 1 atom stereocenters. The number of benzene rings is 1. The number of amidine groups is 1. The Kier molecular flexibility index (Phi) is 4.62. The lowest BCUT2D eigenvalue weighted by atomic mass is 10.3. The summed E-state index contributed by atoms with van der Waals surface area (Å²) in [6.07, 6.45) is -4.78. The van der Waals surface area contributed by atoms with Crippen LogP contribution in [-0.4, -0.2) is 24.1 Å². The van der Waals surface area contributed by atoms with Crippen molar-refractivity contribution < 1.29 is 22.7 Å². The Bertz CT molecular complexity index is 513. The lowest BCUT2D eigenvalue weighted by molar-refractivity contribution is -0.274. The first-order valence-electron chi connectivity index (χ1n) is 5.09. The quantitative estimate of drug-likeness (QED) is 0.431. The van der Waals surface area contributed by atoms with Gasteiger partial charge in [-0.05, 0) is 24.3 Å². The van der Waals surface area contributed by atoms with Crippen molar-refractivity contribution in [3.63, 3.8) is 0 Å². The minimum Gasteiger partial charge on any atom is -0.406 e. The molecule has 7 nitrogen and oxygen atoms in total. The Labute approximate surface area is 110 Å². The predicted molar refractivity (Wildman–Crippen MR) is 62.5 cm³/mol. The van der Waals surface area contributed by atoms with Crippen molar-refractivity contribution in [1.82, 2.24) is 0 Å². The number of carbonyl (C=O) groups is 1. The van der Waals surface area contributed by atoms with Crippen molar-refractivity contribution in [3.05, 3.63) is 24.3 Å². The molecule has 0 aliphatic carbocycles. The number of carbonyl (C=O) groups excluding carboxylic acids is 1. The SMILES string of the molecule is N=C(N)[C@@H](N=Nc1ccc(OC(F)(F)F)cc1)C(N)=O. The summed E-state index contributed by atoms with van der Waals surface area (Å²) in [5.74, 6) is -1.97. The second-order valence-corrected chi connectivity index (χ2v) is 3.52. The Morgan fingerprint density at radius 2 is 1.80 bits per heavy atom. The van der Waals surface area contributed by atoms with Gasteiger partial charge in [0.2, 0.25) is 6.04 Å². The summed E-state index contributed by atoms with van der Waals surface area (Å²) < 4.78 is 39.4. The zero-order valence-corrected chi connectivity index (χ0v) is 9.89. The Morgan fingerprint density at radius 3 is 2.20 bits per heavy atom. The van der Waals surface area contributed by atoms with Crippen molar-refractivity contribution in [3.8, 4) is 5.75 Å². The van der Waals surface area contributed by atoms with E-state index in [0.717, 1.165) is 12.1 Å². The van der Waals surface area contributed by atoms with Gasteiger partial charge in [-0.2, -0.15) is 10.2 Å². The summed E-state index contributed by atoms with van der Waals surface area (Å²) >= 11 is 0. The van der Waals surface area contributed by atoms with Gasteiger partial charge in [0, 0.05) is 0 Å². The van der Waals surface area contributed by atoms with Crippen LogP contribution in [0, 0.1) is 5.41 Å². The molecule has 0 unspecified atom stereocenters. The molecule has 5 N–H and O–H groups in total. The highest BCUT2D eigenvalue weighted by molar-refractivity contribution is 6.04. The van der Waals surface area contributed by atoms with Gasteiger partial charge < -0.3 is 16.2 Å². The largest absolute Gasteiger partial charge is 0.573 e. The average molecular weight is 289 g/mol. The van der Waals surface area contributed by atoms with Gasteiger partial charge in [-0.25, -0.2) is 0 Å². The highest BCUT2D eigenvalue weighted by Gasteiger charge is 2.30. The molecule has 0 aliphatic heterocycles. The molecular formula is C10H10F3N5O2. The topological polar surface area (TPSA) is 127 Å². The van der Waals surface area contributed by atoms with E-state index in [-0.39, 0.29) is 5.69 Å². The lowest BCUT2D eigenvalue weighted by Gasteiger charge is -2.08. The normalized spacial score (nSPS) is 13.2. The van der Waals surface area contributed by atoms with E-state index in [4.69, 9.17) is 16.9 Å². The lowest BCUT2D eigenvalue weighted by Crippen LogP contribution is -2.38. The molecule has 10 heteroatoms. The molecule has 0 radical (unpaired) electrons. The fourth-order valence-corrected chi connectivity index (χ4v) is 1.11. The molecular weight excluding hydrogens is 279 g/mol. The third-order valence-electron chi connectivity index (χ3n) is 1.92. The maximum atomic E-state index is 11.9. The fraction of sp³-hybridized carbons (Fsp3) is 0.200. The molecule has 0 saturated heterocycles. The molecule has 0 fully saturated rings. The molecule has 0 aromatic heterocycles. The van der Waals surface area contributed by atoms with Gasteiger partial charge in [0.1, 0.15) is 11.6 Å². The molecule has 1 amide bonds. The van der Waals surface area contributed by atoms with E-state index in [2.05, 4.69) is 15.0 Å². The van der Waals surface area contributed by atoms with Crippen LogP contribution in [0.1, 0.15) is 0 Å². The summed E-state index contributed by atoms with van der Waals surface area (Å²) in [7, 11) is 0. The van der Waals surface area contributed by atoms with Crippen molar-refractivity contribution >= 4 is 17.4 Å². The van der Waals surface area contributed by atoms with E-state index in [1.54, 1.807) is 0 Å². The molecule has 0 spiro atoms. The van der Waals surface area contributed by atoms with E-state index in [0.29, 0.717) is 0 Å². The molecule has 0 bridgehead atoms. The minimum atomic E-state index is -4.78. The van der Waals surface area contributed by atoms with E-state index >= 15 is 0 Å². The first-order valence-corrected chi connectivity index (χ1v) is 5.09. The fourth-order valence-electron chi connectivity index (χ4n) is 1.11. The Morgan fingerprint density at radius 1 is 1.25 bits per heavy atom. The zero-order valence-electron chi connectivity index (χ0n) is 9.89. The standard InChI is InChI=1S/C10H10F3N5O2/c11-10(12,13)20-6-3-1-5(2-4-6)17-18-7(8(14)15)9(16)19/h1-4,7H,(H3,14,15)(H2,16,19)/t7-/m1/s1.